The van der Waals surface area contributed by atoms with Gasteiger partial charge in [0.25, 0.3) is 5.91 Å². The summed E-state index contributed by atoms with van der Waals surface area (Å²) in [5, 5.41) is 3.83. The molecule has 1 aromatic carbocycles. The molecule has 0 spiro atoms. The molecule has 19 heavy (non-hydrogen) atoms. The van der Waals surface area contributed by atoms with Crippen molar-refractivity contribution >= 4 is 5.91 Å². The predicted octanol–water partition coefficient (Wildman–Crippen LogP) is 2.70. The molecule has 0 radical (unpaired) electrons. The maximum absolute atomic E-state index is 13.6. The van der Waals surface area contributed by atoms with Crippen LogP contribution in [0.2, 0.25) is 0 Å². The fourth-order valence-corrected chi connectivity index (χ4v) is 1.88. The highest BCUT2D eigenvalue weighted by molar-refractivity contribution is 5.94. The molecule has 1 aromatic heterocycles. The van der Waals surface area contributed by atoms with Crippen LogP contribution in [0.5, 0.6) is 0 Å². The number of carbonyl (C=O) groups is 1. The van der Waals surface area contributed by atoms with Crippen LogP contribution in [0.25, 0.3) is 0 Å². The second-order valence-corrected chi connectivity index (χ2v) is 4.44. The molecule has 0 bridgehead atoms. The van der Waals surface area contributed by atoms with E-state index < -0.39 is 5.82 Å². The number of hydrogen-bond donors (Lipinski definition) is 0. The lowest BCUT2D eigenvalue weighted by Gasteiger charge is -2.17. The molecule has 0 aliphatic carbocycles. The fraction of sp³-hybridized carbons (Fsp3) is 0.286. The van der Waals surface area contributed by atoms with E-state index in [-0.39, 0.29) is 11.5 Å². The monoisotopic (exact) mass is 262 g/mol. The van der Waals surface area contributed by atoms with Gasteiger partial charge >= 0.3 is 0 Å². The minimum atomic E-state index is -0.516. The van der Waals surface area contributed by atoms with Crippen LogP contribution in [0.1, 0.15) is 27.4 Å². The van der Waals surface area contributed by atoms with Gasteiger partial charge in [0.2, 0.25) is 0 Å². The van der Waals surface area contributed by atoms with Crippen LogP contribution < -0.4 is 0 Å². The van der Waals surface area contributed by atoms with E-state index >= 15 is 0 Å². The van der Waals surface area contributed by atoms with Crippen molar-refractivity contribution in [3.8, 4) is 0 Å². The predicted molar refractivity (Wildman–Crippen MR) is 68.2 cm³/mol. The summed E-state index contributed by atoms with van der Waals surface area (Å²) in [4.78, 5) is 13.6. The topological polar surface area (TPSA) is 46.3 Å². The van der Waals surface area contributed by atoms with Gasteiger partial charge in [0.15, 0.2) is 0 Å². The number of rotatable bonds is 3. The largest absolute Gasteiger partial charge is 0.361 e. The number of aryl methyl sites for hydroxylation is 2. The van der Waals surface area contributed by atoms with Crippen molar-refractivity contribution in [1.29, 1.82) is 0 Å². The number of aromatic nitrogens is 1. The normalized spacial score (nSPS) is 10.5. The molecule has 5 heteroatoms. The lowest BCUT2D eigenvalue weighted by Crippen LogP contribution is -2.27. The van der Waals surface area contributed by atoms with Gasteiger partial charge in [-0.1, -0.05) is 17.3 Å². The fourth-order valence-electron chi connectivity index (χ4n) is 1.88. The van der Waals surface area contributed by atoms with Crippen molar-refractivity contribution in [2.75, 3.05) is 7.05 Å². The summed E-state index contributed by atoms with van der Waals surface area (Å²) in [6, 6.07) is 5.94. The van der Waals surface area contributed by atoms with E-state index in [1.807, 2.05) is 6.92 Å². The summed E-state index contributed by atoms with van der Waals surface area (Å²) in [6.07, 6.45) is 0. The summed E-state index contributed by atoms with van der Waals surface area (Å²) in [5.41, 5.74) is 1.66. The first-order chi connectivity index (χ1) is 9.00. The Morgan fingerprint density at radius 1 is 1.37 bits per heavy atom. The Balaban J connectivity index is 2.19. The lowest BCUT2D eigenvalue weighted by atomic mass is 10.1. The molecule has 0 fully saturated rings. The molecule has 2 rings (SSSR count). The quantitative estimate of drug-likeness (QED) is 0.854. The molecule has 1 amide bonds. The first-order valence-electron chi connectivity index (χ1n) is 5.92. The van der Waals surface area contributed by atoms with Gasteiger partial charge in [-0.3, -0.25) is 4.79 Å². The summed E-state index contributed by atoms with van der Waals surface area (Å²) in [6.45, 7) is 3.94. The highest BCUT2D eigenvalue weighted by Gasteiger charge is 2.18. The zero-order chi connectivity index (χ0) is 14.0. The smallest absolute Gasteiger partial charge is 0.256 e. The van der Waals surface area contributed by atoms with Crippen molar-refractivity contribution in [3.63, 3.8) is 0 Å². The molecule has 0 aliphatic rings. The van der Waals surface area contributed by atoms with Crippen molar-refractivity contribution in [2.45, 2.75) is 20.4 Å². The van der Waals surface area contributed by atoms with Crippen molar-refractivity contribution in [3.05, 3.63) is 52.7 Å². The molecule has 1 heterocycles. The summed E-state index contributed by atoms with van der Waals surface area (Å²) in [7, 11) is 1.63. The van der Waals surface area contributed by atoms with E-state index in [9.17, 15) is 9.18 Å². The van der Waals surface area contributed by atoms with E-state index in [1.165, 1.54) is 17.0 Å². The maximum Gasteiger partial charge on any atom is 0.256 e. The van der Waals surface area contributed by atoms with Crippen molar-refractivity contribution in [1.82, 2.24) is 10.1 Å². The summed E-state index contributed by atoms with van der Waals surface area (Å²) < 4.78 is 18.6. The molecule has 0 aliphatic heterocycles. The minimum Gasteiger partial charge on any atom is -0.361 e. The Labute approximate surface area is 110 Å². The molecular weight excluding hydrogens is 247 g/mol. The highest BCUT2D eigenvalue weighted by atomic mass is 19.1. The third-order valence-electron chi connectivity index (χ3n) is 3.03. The van der Waals surface area contributed by atoms with E-state index in [2.05, 4.69) is 5.16 Å². The zero-order valence-corrected chi connectivity index (χ0v) is 11.1. The van der Waals surface area contributed by atoms with Crippen LogP contribution >= 0.6 is 0 Å². The van der Waals surface area contributed by atoms with Crippen LogP contribution in [0, 0.1) is 19.7 Å². The summed E-state index contributed by atoms with van der Waals surface area (Å²) >= 11 is 0. The number of benzene rings is 1. The molecule has 0 unspecified atom stereocenters. The van der Waals surface area contributed by atoms with Crippen LogP contribution in [0.15, 0.2) is 28.8 Å². The van der Waals surface area contributed by atoms with Crippen molar-refractivity contribution in [2.24, 2.45) is 0 Å². The SMILES string of the molecule is Cc1noc(C)c1CN(C)C(=O)c1ccccc1F. The van der Waals surface area contributed by atoms with Crippen LogP contribution in [0.4, 0.5) is 4.39 Å². The van der Waals surface area contributed by atoms with Gasteiger partial charge < -0.3 is 9.42 Å². The Kier molecular flexibility index (Phi) is 3.64. The Morgan fingerprint density at radius 3 is 2.63 bits per heavy atom. The third kappa shape index (κ3) is 2.65. The van der Waals surface area contributed by atoms with E-state index in [0.717, 1.165) is 11.3 Å². The van der Waals surface area contributed by atoms with Gasteiger partial charge in [-0.2, -0.15) is 0 Å². The third-order valence-corrected chi connectivity index (χ3v) is 3.03. The number of amides is 1. The van der Waals surface area contributed by atoms with Gasteiger partial charge in [0.05, 0.1) is 17.8 Å². The van der Waals surface area contributed by atoms with Gasteiger partial charge in [0, 0.05) is 12.6 Å². The molecule has 2 aromatic rings. The second kappa shape index (κ2) is 5.22. The number of halogens is 1. The Morgan fingerprint density at radius 2 is 2.05 bits per heavy atom. The van der Waals surface area contributed by atoms with Crippen LogP contribution in [0.3, 0.4) is 0 Å². The minimum absolute atomic E-state index is 0.0664. The Bertz CT molecular complexity index is 588. The van der Waals surface area contributed by atoms with E-state index in [4.69, 9.17) is 4.52 Å². The average molecular weight is 262 g/mol. The number of carbonyl (C=O) groups excluding carboxylic acids is 1. The standard InChI is InChI=1S/C14H15FN2O2/c1-9-12(10(2)19-16-9)8-17(3)14(18)11-6-4-5-7-13(11)15/h4-7H,8H2,1-3H3. The summed E-state index contributed by atoms with van der Waals surface area (Å²) in [5.74, 6) is -0.207. The molecular formula is C14H15FN2O2. The number of hydrogen-bond acceptors (Lipinski definition) is 3. The molecule has 0 saturated heterocycles. The molecule has 100 valence electrons. The maximum atomic E-state index is 13.6. The van der Waals surface area contributed by atoms with Gasteiger partial charge in [0.1, 0.15) is 11.6 Å². The van der Waals surface area contributed by atoms with Crippen LogP contribution in [-0.4, -0.2) is 23.0 Å². The van der Waals surface area contributed by atoms with E-state index in [1.54, 1.807) is 26.1 Å². The van der Waals surface area contributed by atoms with E-state index in [0.29, 0.717) is 12.3 Å². The lowest BCUT2D eigenvalue weighted by molar-refractivity contribution is 0.0780. The van der Waals surface area contributed by atoms with Gasteiger partial charge in [-0.05, 0) is 26.0 Å². The molecule has 0 N–H and O–H groups in total. The first kappa shape index (κ1) is 13.3. The van der Waals surface area contributed by atoms with Gasteiger partial charge in [-0.15, -0.1) is 0 Å². The van der Waals surface area contributed by atoms with Crippen LogP contribution in [-0.2, 0) is 6.54 Å². The molecule has 4 nitrogen and oxygen atoms in total. The molecule has 0 atom stereocenters. The highest BCUT2D eigenvalue weighted by Crippen LogP contribution is 2.16. The first-order valence-corrected chi connectivity index (χ1v) is 5.92. The van der Waals surface area contributed by atoms with Gasteiger partial charge in [-0.25, -0.2) is 4.39 Å². The number of nitrogens with zero attached hydrogens (tertiary/aromatic N) is 2. The Hall–Kier alpha value is -2.17. The molecule has 0 saturated carbocycles. The average Bonchev–Trinajstić information content (AvgIpc) is 2.70. The van der Waals surface area contributed by atoms with Crippen molar-refractivity contribution < 1.29 is 13.7 Å². The zero-order valence-electron chi connectivity index (χ0n) is 11.1. The second-order valence-electron chi connectivity index (χ2n) is 4.44.